The first-order valence-electron chi connectivity index (χ1n) is 17.9. The molecule has 0 aliphatic carbocycles. The molecule has 7 rings (SSSR count). The number of fused-ring (bicyclic) bond motifs is 1. The summed E-state index contributed by atoms with van der Waals surface area (Å²) < 4.78 is 19.0. The largest absolute Gasteiger partial charge is 0.493 e. The van der Waals surface area contributed by atoms with Crippen LogP contribution in [-0.2, 0) is 24.3 Å². The number of imidazole rings is 1. The van der Waals surface area contributed by atoms with Gasteiger partial charge in [0.2, 0.25) is 17.6 Å². The molecule has 2 saturated heterocycles. The zero-order chi connectivity index (χ0) is 35.2. The number of para-hydroxylation sites is 2. The highest BCUT2D eigenvalue weighted by molar-refractivity contribution is 5.85. The second-order valence-electron chi connectivity index (χ2n) is 13.8. The summed E-state index contributed by atoms with van der Waals surface area (Å²) in [6.45, 7) is 4.80. The summed E-state index contributed by atoms with van der Waals surface area (Å²) in [6.07, 6.45) is 8.12. The lowest BCUT2D eigenvalue weighted by Crippen LogP contribution is -2.43. The van der Waals surface area contributed by atoms with E-state index >= 15 is 0 Å². The molecule has 1 unspecified atom stereocenters. The number of methoxy groups -OCH3 is 3. The molecule has 10 heteroatoms. The number of piperidine rings is 1. The predicted molar refractivity (Wildman–Crippen MR) is 199 cm³/mol. The first-order chi connectivity index (χ1) is 25.0. The third-order valence-corrected chi connectivity index (χ3v) is 10.7. The highest BCUT2D eigenvalue weighted by Crippen LogP contribution is 2.42. The van der Waals surface area contributed by atoms with Gasteiger partial charge in [0.25, 0.3) is 0 Å². The van der Waals surface area contributed by atoms with Crippen molar-refractivity contribution in [3.05, 3.63) is 108 Å². The zero-order valence-electron chi connectivity index (χ0n) is 29.9. The number of likely N-dealkylation sites (tertiary alicyclic amines) is 2. The maximum atomic E-state index is 14.4. The van der Waals surface area contributed by atoms with Crippen LogP contribution in [0.15, 0.2) is 91.3 Å². The van der Waals surface area contributed by atoms with Gasteiger partial charge in [-0.05, 0) is 91.7 Å². The van der Waals surface area contributed by atoms with Crippen molar-refractivity contribution in [2.45, 2.75) is 51.2 Å². The molecule has 0 saturated carbocycles. The number of benzene rings is 3. The molecular formula is C41H48N6O4. The first-order valence-corrected chi connectivity index (χ1v) is 17.9. The lowest BCUT2D eigenvalue weighted by atomic mass is 9.77. The van der Waals surface area contributed by atoms with E-state index in [1.54, 1.807) is 21.3 Å². The van der Waals surface area contributed by atoms with E-state index < -0.39 is 5.41 Å². The van der Waals surface area contributed by atoms with Gasteiger partial charge >= 0.3 is 0 Å². The van der Waals surface area contributed by atoms with Gasteiger partial charge < -0.3 is 33.9 Å². The van der Waals surface area contributed by atoms with Crippen LogP contribution in [0.2, 0.25) is 0 Å². The van der Waals surface area contributed by atoms with Crippen molar-refractivity contribution in [2.24, 2.45) is 5.41 Å². The Morgan fingerprint density at radius 3 is 2.22 bits per heavy atom. The minimum absolute atomic E-state index is 0.227. The Hall–Kier alpha value is -5.09. The van der Waals surface area contributed by atoms with Gasteiger partial charge in [-0.2, -0.15) is 0 Å². The van der Waals surface area contributed by atoms with Crippen LogP contribution in [0, 0.1) is 5.41 Å². The Labute approximate surface area is 300 Å². The number of hydrogen-bond acceptors (Lipinski definition) is 8. The van der Waals surface area contributed by atoms with Crippen molar-refractivity contribution in [3.8, 4) is 17.2 Å². The van der Waals surface area contributed by atoms with Crippen molar-refractivity contribution < 1.29 is 19.0 Å². The standard InChI is InChI=1S/C41H48N6O4/c1-49-36-25-32(26-37(50-2)38(36)51-3)28-46-24-18-41(39(46)48,27-30-9-5-4-6-10-30)17-23-45-21-15-33(16-22-45)43-40-44-34-11-7-8-12-35(34)47(40)29-31-13-19-42-20-14-31/h4-14,19-20,25-26,33H,15-18,21-24,27-29H2,1-3H3,(H,43,44). The number of amides is 1. The number of carbonyl (C=O) groups excluding carboxylic acids is 1. The van der Waals surface area contributed by atoms with Crippen molar-refractivity contribution in [1.82, 2.24) is 24.3 Å². The molecule has 1 N–H and O–H groups in total. The SMILES string of the molecule is COc1cc(CN2CCC(CCN3CCC(Nc4nc5ccccc5n4Cc4ccncc4)CC3)(Cc3ccccc3)C2=O)cc(OC)c1OC. The number of ether oxygens (including phenoxy) is 3. The van der Waals surface area contributed by atoms with E-state index in [0.29, 0.717) is 29.8 Å². The smallest absolute Gasteiger partial charge is 0.229 e. The number of hydrogen-bond donors (Lipinski definition) is 1. The molecule has 4 heterocycles. The highest BCUT2D eigenvalue weighted by Gasteiger charge is 2.46. The van der Waals surface area contributed by atoms with Gasteiger partial charge in [-0.15, -0.1) is 0 Å². The van der Waals surface area contributed by atoms with E-state index in [0.717, 1.165) is 87.4 Å². The molecule has 1 amide bonds. The Balaban J connectivity index is 1.02. The van der Waals surface area contributed by atoms with Crippen LogP contribution in [0.1, 0.15) is 42.4 Å². The molecule has 2 aliphatic heterocycles. The van der Waals surface area contributed by atoms with E-state index in [1.807, 2.05) is 41.6 Å². The van der Waals surface area contributed by atoms with Gasteiger partial charge in [-0.1, -0.05) is 42.5 Å². The molecule has 1 atom stereocenters. The molecule has 10 nitrogen and oxygen atoms in total. The number of rotatable bonds is 14. The molecule has 5 aromatic rings. The summed E-state index contributed by atoms with van der Waals surface area (Å²) in [5.41, 5.74) is 5.03. The van der Waals surface area contributed by atoms with Crippen LogP contribution in [0.3, 0.4) is 0 Å². The number of anilines is 1. The maximum absolute atomic E-state index is 14.4. The molecule has 2 aliphatic rings. The van der Waals surface area contributed by atoms with Crippen LogP contribution in [0.25, 0.3) is 11.0 Å². The topological polar surface area (TPSA) is 94.0 Å². The molecule has 0 spiro atoms. The van der Waals surface area contributed by atoms with Crippen molar-refractivity contribution >= 4 is 22.9 Å². The maximum Gasteiger partial charge on any atom is 0.229 e. The van der Waals surface area contributed by atoms with Gasteiger partial charge in [0, 0.05) is 44.6 Å². The lowest BCUT2D eigenvalue weighted by Gasteiger charge is -2.35. The fraction of sp³-hybridized carbons (Fsp3) is 0.390. The van der Waals surface area contributed by atoms with Crippen LogP contribution in [-0.4, -0.2) is 83.8 Å². The molecule has 51 heavy (non-hydrogen) atoms. The van der Waals surface area contributed by atoms with Gasteiger partial charge in [-0.3, -0.25) is 9.78 Å². The summed E-state index contributed by atoms with van der Waals surface area (Å²) >= 11 is 0. The van der Waals surface area contributed by atoms with E-state index in [1.165, 1.54) is 11.1 Å². The fourth-order valence-corrected chi connectivity index (χ4v) is 7.83. The summed E-state index contributed by atoms with van der Waals surface area (Å²) in [5, 5.41) is 3.80. The number of aromatic nitrogens is 3. The number of nitrogens with zero attached hydrogens (tertiary/aromatic N) is 5. The molecular weight excluding hydrogens is 640 g/mol. The lowest BCUT2D eigenvalue weighted by molar-refractivity contribution is -0.137. The molecule has 266 valence electrons. The van der Waals surface area contributed by atoms with E-state index in [9.17, 15) is 4.79 Å². The van der Waals surface area contributed by atoms with Gasteiger partial charge in [0.05, 0.1) is 44.3 Å². The zero-order valence-corrected chi connectivity index (χ0v) is 29.9. The van der Waals surface area contributed by atoms with Crippen molar-refractivity contribution in [3.63, 3.8) is 0 Å². The molecule has 2 fully saturated rings. The monoisotopic (exact) mass is 688 g/mol. The Morgan fingerprint density at radius 1 is 0.804 bits per heavy atom. The summed E-state index contributed by atoms with van der Waals surface area (Å²) in [5.74, 6) is 2.88. The Kier molecular flexibility index (Phi) is 10.4. The van der Waals surface area contributed by atoms with E-state index in [-0.39, 0.29) is 5.91 Å². The van der Waals surface area contributed by atoms with E-state index in [4.69, 9.17) is 19.2 Å². The minimum atomic E-state index is -0.449. The fourth-order valence-electron chi connectivity index (χ4n) is 7.83. The molecule has 3 aromatic carbocycles. The number of carbonyl (C=O) groups is 1. The Bertz CT molecular complexity index is 1900. The quantitative estimate of drug-likeness (QED) is 0.143. The summed E-state index contributed by atoms with van der Waals surface area (Å²) in [4.78, 5) is 28.2. The molecule has 0 radical (unpaired) electrons. The van der Waals surface area contributed by atoms with E-state index in [2.05, 4.69) is 74.4 Å². The molecule has 0 bridgehead atoms. The number of pyridine rings is 1. The van der Waals surface area contributed by atoms with Gasteiger partial charge in [0.1, 0.15) is 0 Å². The van der Waals surface area contributed by atoms with Crippen LogP contribution < -0.4 is 19.5 Å². The minimum Gasteiger partial charge on any atom is -0.493 e. The average molecular weight is 689 g/mol. The average Bonchev–Trinajstić information content (AvgIpc) is 3.67. The van der Waals surface area contributed by atoms with Gasteiger partial charge in [0.15, 0.2) is 11.5 Å². The molecule has 2 aromatic heterocycles. The second kappa shape index (κ2) is 15.4. The van der Waals surface area contributed by atoms with Crippen LogP contribution in [0.4, 0.5) is 5.95 Å². The summed E-state index contributed by atoms with van der Waals surface area (Å²) in [6, 6.07) is 27.1. The summed E-state index contributed by atoms with van der Waals surface area (Å²) in [7, 11) is 4.84. The number of nitrogens with one attached hydrogen (secondary N) is 1. The normalized spacial score (nSPS) is 18.3. The third-order valence-electron chi connectivity index (χ3n) is 10.7. The van der Waals surface area contributed by atoms with Crippen LogP contribution in [0.5, 0.6) is 17.2 Å². The first kappa shape index (κ1) is 34.4. The highest BCUT2D eigenvalue weighted by atomic mass is 16.5. The van der Waals surface area contributed by atoms with Crippen LogP contribution >= 0.6 is 0 Å². The van der Waals surface area contributed by atoms with Crippen molar-refractivity contribution in [2.75, 3.05) is 52.8 Å². The predicted octanol–water partition coefficient (Wildman–Crippen LogP) is 6.43. The Morgan fingerprint density at radius 2 is 1.51 bits per heavy atom. The second-order valence-corrected chi connectivity index (χ2v) is 13.8. The van der Waals surface area contributed by atoms with Gasteiger partial charge in [-0.25, -0.2) is 4.98 Å². The van der Waals surface area contributed by atoms with Crippen molar-refractivity contribution in [1.29, 1.82) is 0 Å². The third kappa shape index (κ3) is 7.51.